The Labute approximate surface area is 172 Å². The SMILES string of the molecule is O=C(Nc1ccccc1NC12CC3CC(CC(C3)C1)C2)C1Cc2ccccc2O1. The molecule has 2 N–H and O–H groups in total. The minimum absolute atomic E-state index is 0.0686. The van der Waals surface area contributed by atoms with E-state index in [9.17, 15) is 4.79 Å². The van der Waals surface area contributed by atoms with Crippen LogP contribution in [0.2, 0.25) is 0 Å². The summed E-state index contributed by atoms with van der Waals surface area (Å²) in [5, 5.41) is 7.06. The minimum atomic E-state index is -0.458. The van der Waals surface area contributed by atoms with Crippen LogP contribution < -0.4 is 15.4 Å². The van der Waals surface area contributed by atoms with Gasteiger partial charge in [-0.25, -0.2) is 0 Å². The molecule has 2 aromatic carbocycles. The molecule has 4 saturated carbocycles. The molecule has 150 valence electrons. The van der Waals surface area contributed by atoms with Crippen LogP contribution in [-0.4, -0.2) is 17.6 Å². The van der Waals surface area contributed by atoms with Gasteiger partial charge in [-0.05, 0) is 80.0 Å². The van der Waals surface area contributed by atoms with E-state index < -0.39 is 6.10 Å². The number of fused-ring (bicyclic) bond motifs is 1. The molecule has 4 heteroatoms. The summed E-state index contributed by atoms with van der Waals surface area (Å²) in [6.07, 6.45) is 8.30. The van der Waals surface area contributed by atoms with Crippen molar-refractivity contribution in [1.82, 2.24) is 0 Å². The van der Waals surface area contributed by atoms with Gasteiger partial charge in [0.05, 0.1) is 11.4 Å². The van der Waals surface area contributed by atoms with Gasteiger partial charge in [0.15, 0.2) is 6.10 Å². The normalized spacial score (nSPS) is 33.8. The fourth-order valence-electron chi connectivity index (χ4n) is 6.79. The van der Waals surface area contributed by atoms with Crippen molar-refractivity contribution >= 4 is 17.3 Å². The molecule has 0 radical (unpaired) electrons. The summed E-state index contributed by atoms with van der Waals surface area (Å²) in [4.78, 5) is 12.9. The predicted octanol–water partition coefficient (Wildman–Crippen LogP) is 5.01. The third-order valence-corrected chi connectivity index (χ3v) is 7.56. The Bertz CT molecular complexity index is 893. The van der Waals surface area contributed by atoms with Gasteiger partial charge in [-0.15, -0.1) is 0 Å². The Morgan fingerprint density at radius 3 is 2.17 bits per heavy atom. The van der Waals surface area contributed by atoms with Crippen molar-refractivity contribution < 1.29 is 9.53 Å². The average molecular weight is 389 g/mol. The Kier molecular flexibility index (Phi) is 3.90. The summed E-state index contributed by atoms with van der Waals surface area (Å²) in [6, 6.07) is 16.1. The van der Waals surface area contributed by atoms with Crippen LogP contribution in [0.3, 0.4) is 0 Å². The molecule has 4 nitrogen and oxygen atoms in total. The molecule has 1 heterocycles. The number of ether oxygens (including phenoxy) is 1. The number of nitrogens with one attached hydrogen (secondary N) is 2. The van der Waals surface area contributed by atoms with Crippen LogP contribution in [0.1, 0.15) is 44.1 Å². The first-order valence-corrected chi connectivity index (χ1v) is 11.1. The van der Waals surface area contributed by atoms with E-state index in [2.05, 4.69) is 22.8 Å². The molecule has 1 unspecified atom stereocenters. The van der Waals surface area contributed by atoms with Crippen LogP contribution in [0.25, 0.3) is 0 Å². The van der Waals surface area contributed by atoms with Gasteiger partial charge in [0.25, 0.3) is 5.91 Å². The highest BCUT2D eigenvalue weighted by Crippen LogP contribution is 2.56. The van der Waals surface area contributed by atoms with Gasteiger partial charge >= 0.3 is 0 Å². The largest absolute Gasteiger partial charge is 0.480 e. The van der Waals surface area contributed by atoms with E-state index in [0.717, 1.165) is 40.4 Å². The van der Waals surface area contributed by atoms with E-state index in [4.69, 9.17) is 4.74 Å². The maximum absolute atomic E-state index is 12.9. The average Bonchev–Trinajstić information content (AvgIpc) is 3.13. The van der Waals surface area contributed by atoms with Gasteiger partial charge in [0.2, 0.25) is 0 Å². The van der Waals surface area contributed by atoms with E-state index in [1.54, 1.807) is 0 Å². The molecule has 5 aliphatic rings. The third kappa shape index (κ3) is 3.09. The molecular weight excluding hydrogens is 360 g/mol. The molecule has 1 atom stereocenters. The first kappa shape index (κ1) is 17.4. The topological polar surface area (TPSA) is 50.4 Å². The number of hydrogen-bond donors (Lipinski definition) is 2. The smallest absolute Gasteiger partial charge is 0.265 e. The molecule has 4 bridgehead atoms. The van der Waals surface area contributed by atoms with Crippen molar-refractivity contribution in [3.05, 3.63) is 54.1 Å². The van der Waals surface area contributed by atoms with E-state index in [1.807, 2.05) is 36.4 Å². The van der Waals surface area contributed by atoms with Gasteiger partial charge in [-0.2, -0.15) is 0 Å². The quantitative estimate of drug-likeness (QED) is 0.774. The number of anilines is 2. The zero-order valence-corrected chi connectivity index (χ0v) is 16.7. The summed E-state index contributed by atoms with van der Waals surface area (Å²) < 4.78 is 5.88. The zero-order chi connectivity index (χ0) is 19.4. The number of rotatable bonds is 4. The van der Waals surface area contributed by atoms with Crippen LogP contribution in [0.4, 0.5) is 11.4 Å². The van der Waals surface area contributed by atoms with Crippen LogP contribution in [0.15, 0.2) is 48.5 Å². The fraction of sp³-hybridized carbons (Fsp3) is 0.480. The lowest BCUT2D eigenvalue weighted by Gasteiger charge is -2.57. The standard InChI is InChI=1S/C25H28N2O2/c28-24(23-12-19-5-1-4-8-22(19)29-23)26-20-6-2-3-7-21(20)27-25-13-16-9-17(14-25)11-18(10-16)15-25/h1-8,16-18,23,27H,9-15H2,(H,26,28). The second kappa shape index (κ2) is 6.51. The lowest BCUT2D eigenvalue weighted by atomic mass is 9.53. The summed E-state index contributed by atoms with van der Waals surface area (Å²) >= 11 is 0. The summed E-state index contributed by atoms with van der Waals surface area (Å²) in [5.41, 5.74) is 3.24. The Morgan fingerprint density at radius 2 is 1.48 bits per heavy atom. The Morgan fingerprint density at radius 1 is 0.862 bits per heavy atom. The lowest BCUT2D eigenvalue weighted by Crippen LogP contribution is -2.54. The minimum Gasteiger partial charge on any atom is -0.480 e. The summed E-state index contributed by atoms with van der Waals surface area (Å²) in [7, 11) is 0. The predicted molar refractivity (Wildman–Crippen MR) is 114 cm³/mol. The van der Waals surface area contributed by atoms with Crippen molar-refractivity contribution in [1.29, 1.82) is 0 Å². The molecule has 4 fully saturated rings. The maximum atomic E-state index is 12.9. The second-order valence-electron chi connectivity index (χ2n) is 9.78. The van der Waals surface area contributed by atoms with Crippen LogP contribution in [0.5, 0.6) is 5.75 Å². The second-order valence-corrected chi connectivity index (χ2v) is 9.78. The Balaban J connectivity index is 1.20. The van der Waals surface area contributed by atoms with E-state index in [0.29, 0.717) is 6.42 Å². The molecule has 2 aromatic rings. The van der Waals surface area contributed by atoms with Crippen molar-refractivity contribution in [2.24, 2.45) is 17.8 Å². The molecule has 0 saturated heterocycles. The monoisotopic (exact) mass is 388 g/mol. The van der Waals surface area contributed by atoms with Gasteiger partial charge in [0, 0.05) is 12.0 Å². The number of benzene rings is 2. The Hall–Kier alpha value is -2.49. The van der Waals surface area contributed by atoms with Crippen molar-refractivity contribution in [3.63, 3.8) is 0 Å². The highest BCUT2D eigenvalue weighted by molar-refractivity contribution is 5.97. The number of amides is 1. The molecule has 0 aromatic heterocycles. The molecule has 1 amide bonds. The van der Waals surface area contributed by atoms with Gasteiger partial charge in [-0.1, -0.05) is 30.3 Å². The van der Waals surface area contributed by atoms with E-state index >= 15 is 0 Å². The van der Waals surface area contributed by atoms with Crippen LogP contribution >= 0.6 is 0 Å². The number of hydrogen-bond acceptors (Lipinski definition) is 3. The highest BCUT2D eigenvalue weighted by Gasteiger charge is 2.51. The maximum Gasteiger partial charge on any atom is 0.265 e. The number of para-hydroxylation sites is 3. The first-order chi connectivity index (χ1) is 14.2. The van der Waals surface area contributed by atoms with E-state index in [-0.39, 0.29) is 11.4 Å². The van der Waals surface area contributed by atoms with Crippen molar-refractivity contribution in [3.8, 4) is 5.75 Å². The first-order valence-electron chi connectivity index (χ1n) is 11.1. The molecule has 7 rings (SSSR count). The van der Waals surface area contributed by atoms with Crippen LogP contribution in [-0.2, 0) is 11.2 Å². The molecule has 29 heavy (non-hydrogen) atoms. The zero-order valence-electron chi connectivity index (χ0n) is 16.7. The lowest BCUT2D eigenvalue weighted by molar-refractivity contribution is -0.122. The van der Waals surface area contributed by atoms with Crippen molar-refractivity contribution in [2.75, 3.05) is 10.6 Å². The molecule has 1 aliphatic heterocycles. The highest BCUT2D eigenvalue weighted by atomic mass is 16.5. The molecule has 0 spiro atoms. The summed E-state index contributed by atoms with van der Waals surface area (Å²) in [6.45, 7) is 0. The number of carbonyl (C=O) groups excluding carboxylic acids is 1. The fourth-order valence-corrected chi connectivity index (χ4v) is 6.79. The van der Waals surface area contributed by atoms with Gasteiger partial charge in [-0.3, -0.25) is 4.79 Å². The third-order valence-electron chi connectivity index (χ3n) is 7.56. The number of carbonyl (C=O) groups is 1. The van der Waals surface area contributed by atoms with Gasteiger partial charge < -0.3 is 15.4 Å². The van der Waals surface area contributed by atoms with Crippen molar-refractivity contribution in [2.45, 2.75) is 56.6 Å². The molecular formula is C25H28N2O2. The molecule has 4 aliphatic carbocycles. The van der Waals surface area contributed by atoms with Crippen LogP contribution in [0, 0.1) is 17.8 Å². The van der Waals surface area contributed by atoms with E-state index in [1.165, 1.54) is 38.5 Å². The summed E-state index contributed by atoms with van der Waals surface area (Å²) in [5.74, 6) is 3.43. The van der Waals surface area contributed by atoms with Gasteiger partial charge in [0.1, 0.15) is 5.75 Å².